The van der Waals surface area contributed by atoms with Gasteiger partial charge in [0.05, 0.1) is 18.6 Å². The van der Waals surface area contributed by atoms with Gasteiger partial charge in [0.2, 0.25) is 0 Å². The number of nitrogens with one attached hydrogen (secondary N) is 2. The Morgan fingerprint density at radius 2 is 2.11 bits per heavy atom. The Bertz CT molecular complexity index is 915. The number of methoxy groups -OCH3 is 1. The first-order chi connectivity index (χ1) is 13.0. The third-order valence-corrected chi connectivity index (χ3v) is 6.25. The standard InChI is InChI=1S/C19H23N3O4S/c1-26-17-5-3-2-4-14(17)6-10-21-19(23)15-7-9-20-18(12-15)22-16-8-11-27(24,25)13-16/h2-5,7,9,12,16H,6,8,10-11,13H2,1H3,(H,20,22)(H,21,23). The maximum absolute atomic E-state index is 12.4. The molecule has 1 fully saturated rings. The zero-order valence-electron chi connectivity index (χ0n) is 15.1. The quantitative estimate of drug-likeness (QED) is 0.748. The second kappa shape index (κ2) is 8.39. The molecule has 8 heteroatoms. The van der Waals surface area contributed by atoms with Gasteiger partial charge in [-0.05, 0) is 36.6 Å². The van der Waals surface area contributed by atoms with E-state index >= 15 is 0 Å². The molecule has 1 amide bonds. The van der Waals surface area contributed by atoms with E-state index < -0.39 is 9.84 Å². The van der Waals surface area contributed by atoms with Gasteiger partial charge >= 0.3 is 0 Å². The van der Waals surface area contributed by atoms with Crippen LogP contribution in [0.5, 0.6) is 5.75 Å². The van der Waals surface area contributed by atoms with E-state index in [2.05, 4.69) is 15.6 Å². The van der Waals surface area contributed by atoms with Crippen molar-refractivity contribution in [2.24, 2.45) is 0 Å². The highest BCUT2D eigenvalue weighted by molar-refractivity contribution is 7.91. The summed E-state index contributed by atoms with van der Waals surface area (Å²) in [7, 11) is -1.34. The molecule has 0 bridgehead atoms. The van der Waals surface area contributed by atoms with Gasteiger partial charge in [0.15, 0.2) is 9.84 Å². The first kappa shape index (κ1) is 19.2. The fraction of sp³-hybridized carbons (Fsp3) is 0.368. The van der Waals surface area contributed by atoms with Gasteiger partial charge in [0.1, 0.15) is 11.6 Å². The highest BCUT2D eigenvalue weighted by Gasteiger charge is 2.28. The number of para-hydroxylation sites is 1. The average Bonchev–Trinajstić information content (AvgIpc) is 3.00. The van der Waals surface area contributed by atoms with Crippen LogP contribution in [-0.4, -0.2) is 50.5 Å². The normalized spacial score (nSPS) is 18.0. The van der Waals surface area contributed by atoms with Gasteiger partial charge in [-0.15, -0.1) is 0 Å². The molecular weight excluding hydrogens is 366 g/mol. The van der Waals surface area contributed by atoms with E-state index in [1.807, 2.05) is 24.3 Å². The van der Waals surface area contributed by atoms with Gasteiger partial charge < -0.3 is 15.4 Å². The van der Waals surface area contributed by atoms with Gasteiger partial charge in [0, 0.05) is 24.3 Å². The van der Waals surface area contributed by atoms with Gasteiger partial charge in [-0.2, -0.15) is 0 Å². The number of benzene rings is 1. The zero-order chi connectivity index (χ0) is 19.3. The number of amides is 1. The van der Waals surface area contributed by atoms with Gasteiger partial charge in [0.25, 0.3) is 5.91 Å². The first-order valence-corrected chi connectivity index (χ1v) is 10.6. The molecule has 3 rings (SSSR count). The van der Waals surface area contributed by atoms with E-state index in [-0.39, 0.29) is 23.5 Å². The van der Waals surface area contributed by atoms with E-state index in [1.54, 1.807) is 25.4 Å². The lowest BCUT2D eigenvalue weighted by atomic mass is 10.1. The second-order valence-electron chi connectivity index (χ2n) is 6.49. The number of sulfone groups is 1. The molecule has 27 heavy (non-hydrogen) atoms. The molecular formula is C19H23N3O4S. The Balaban J connectivity index is 1.55. The maximum Gasteiger partial charge on any atom is 0.251 e. The molecule has 7 nitrogen and oxygen atoms in total. The third-order valence-electron chi connectivity index (χ3n) is 4.48. The Labute approximate surface area is 159 Å². The van der Waals surface area contributed by atoms with Crippen LogP contribution in [0.2, 0.25) is 0 Å². The number of carbonyl (C=O) groups excluding carboxylic acids is 1. The van der Waals surface area contributed by atoms with Crippen molar-refractivity contribution in [2.45, 2.75) is 18.9 Å². The van der Waals surface area contributed by atoms with Gasteiger partial charge in [-0.3, -0.25) is 4.79 Å². The molecule has 144 valence electrons. The second-order valence-corrected chi connectivity index (χ2v) is 8.72. The van der Waals surface area contributed by atoms with E-state index in [0.717, 1.165) is 11.3 Å². The lowest BCUT2D eigenvalue weighted by molar-refractivity contribution is 0.0954. The molecule has 1 aromatic carbocycles. The Kier molecular flexibility index (Phi) is 5.95. The number of nitrogens with zero attached hydrogens (tertiary/aromatic N) is 1. The molecule has 1 aliphatic rings. The van der Waals surface area contributed by atoms with Crippen molar-refractivity contribution in [3.63, 3.8) is 0 Å². The summed E-state index contributed by atoms with van der Waals surface area (Å²) in [6.07, 6.45) is 2.76. The number of aromatic nitrogens is 1. The van der Waals surface area contributed by atoms with Crippen LogP contribution in [-0.2, 0) is 16.3 Å². The zero-order valence-corrected chi connectivity index (χ0v) is 16.0. The summed E-state index contributed by atoms with van der Waals surface area (Å²) < 4.78 is 28.4. The van der Waals surface area contributed by atoms with Crippen LogP contribution < -0.4 is 15.4 Å². The van der Waals surface area contributed by atoms with E-state index in [9.17, 15) is 13.2 Å². The van der Waals surface area contributed by atoms with Crippen LogP contribution in [0.15, 0.2) is 42.6 Å². The van der Waals surface area contributed by atoms with Crippen molar-refractivity contribution in [2.75, 3.05) is 30.5 Å². The summed E-state index contributed by atoms with van der Waals surface area (Å²) in [6.45, 7) is 0.477. The minimum atomic E-state index is -2.97. The van der Waals surface area contributed by atoms with Crippen molar-refractivity contribution in [3.8, 4) is 5.75 Å². The predicted molar refractivity (Wildman–Crippen MR) is 104 cm³/mol. The Morgan fingerprint density at radius 1 is 1.30 bits per heavy atom. The van der Waals surface area contributed by atoms with Crippen LogP contribution >= 0.6 is 0 Å². The SMILES string of the molecule is COc1ccccc1CCNC(=O)c1ccnc(NC2CCS(=O)(=O)C2)c1. The number of carbonyl (C=O) groups is 1. The molecule has 2 heterocycles. The molecule has 1 unspecified atom stereocenters. The third kappa shape index (κ3) is 5.19. The fourth-order valence-corrected chi connectivity index (χ4v) is 4.76. The van der Waals surface area contributed by atoms with Crippen LogP contribution in [0.3, 0.4) is 0 Å². The van der Waals surface area contributed by atoms with Crippen molar-refractivity contribution in [1.29, 1.82) is 0 Å². The molecule has 0 spiro atoms. The van der Waals surface area contributed by atoms with E-state index in [4.69, 9.17) is 4.74 Å². The number of hydrogen-bond acceptors (Lipinski definition) is 6. The number of anilines is 1. The summed E-state index contributed by atoms with van der Waals surface area (Å²) in [6, 6.07) is 10.8. The lowest BCUT2D eigenvalue weighted by Gasteiger charge is -2.12. The van der Waals surface area contributed by atoms with E-state index in [0.29, 0.717) is 30.8 Å². The first-order valence-electron chi connectivity index (χ1n) is 8.80. The highest BCUT2D eigenvalue weighted by atomic mass is 32.2. The Morgan fingerprint density at radius 3 is 2.85 bits per heavy atom. The average molecular weight is 389 g/mol. The summed E-state index contributed by atoms with van der Waals surface area (Å²) >= 11 is 0. The van der Waals surface area contributed by atoms with Crippen LogP contribution in [0, 0.1) is 0 Å². The van der Waals surface area contributed by atoms with Crippen LogP contribution in [0.4, 0.5) is 5.82 Å². The van der Waals surface area contributed by atoms with Gasteiger partial charge in [-0.25, -0.2) is 13.4 Å². The van der Waals surface area contributed by atoms with Crippen LogP contribution in [0.1, 0.15) is 22.3 Å². The van der Waals surface area contributed by atoms with Crippen molar-refractivity contribution in [3.05, 3.63) is 53.7 Å². The monoisotopic (exact) mass is 389 g/mol. The fourth-order valence-electron chi connectivity index (χ4n) is 3.09. The van der Waals surface area contributed by atoms with Gasteiger partial charge in [-0.1, -0.05) is 18.2 Å². The van der Waals surface area contributed by atoms with Crippen molar-refractivity contribution >= 4 is 21.6 Å². The number of ether oxygens (including phenoxy) is 1. The number of rotatable bonds is 7. The minimum Gasteiger partial charge on any atom is -0.496 e. The number of hydrogen-bond donors (Lipinski definition) is 2. The predicted octanol–water partition coefficient (Wildman–Crippen LogP) is 1.66. The minimum absolute atomic E-state index is 0.101. The Hall–Kier alpha value is -2.61. The molecule has 1 saturated heterocycles. The number of pyridine rings is 1. The lowest BCUT2D eigenvalue weighted by Crippen LogP contribution is -2.26. The summed E-state index contributed by atoms with van der Waals surface area (Å²) in [4.78, 5) is 16.6. The molecule has 1 aromatic heterocycles. The smallest absolute Gasteiger partial charge is 0.251 e. The highest BCUT2D eigenvalue weighted by Crippen LogP contribution is 2.18. The molecule has 0 saturated carbocycles. The molecule has 0 radical (unpaired) electrons. The molecule has 2 aromatic rings. The van der Waals surface area contributed by atoms with E-state index in [1.165, 1.54) is 0 Å². The summed E-state index contributed by atoms with van der Waals surface area (Å²) in [5.74, 6) is 1.40. The maximum atomic E-state index is 12.4. The van der Waals surface area contributed by atoms with Crippen molar-refractivity contribution < 1.29 is 17.9 Å². The summed E-state index contributed by atoms with van der Waals surface area (Å²) in [5.41, 5.74) is 1.51. The topological polar surface area (TPSA) is 97.4 Å². The summed E-state index contributed by atoms with van der Waals surface area (Å²) in [5, 5.41) is 5.99. The molecule has 0 aliphatic carbocycles. The molecule has 1 aliphatic heterocycles. The molecule has 1 atom stereocenters. The van der Waals surface area contributed by atoms with Crippen LogP contribution in [0.25, 0.3) is 0 Å². The molecule has 2 N–H and O–H groups in total. The van der Waals surface area contributed by atoms with Crippen molar-refractivity contribution in [1.82, 2.24) is 10.3 Å². The largest absolute Gasteiger partial charge is 0.496 e.